The maximum Gasteiger partial charge on any atom is 0.271 e. The van der Waals surface area contributed by atoms with Crippen LogP contribution in [0.4, 0.5) is 0 Å². The van der Waals surface area contributed by atoms with Gasteiger partial charge in [-0.05, 0) is 49.1 Å². The van der Waals surface area contributed by atoms with Crippen molar-refractivity contribution in [2.45, 2.75) is 45.1 Å². The molecule has 0 spiro atoms. The molecule has 5 heteroatoms. The number of imide groups is 1. The number of ether oxygens (including phenoxy) is 1. The molecule has 1 aliphatic heterocycles. The molecule has 0 aromatic heterocycles. The number of nitriles is 1. The van der Waals surface area contributed by atoms with E-state index in [2.05, 4.69) is 0 Å². The van der Waals surface area contributed by atoms with Crippen molar-refractivity contribution in [1.29, 1.82) is 5.26 Å². The second kappa shape index (κ2) is 7.57. The van der Waals surface area contributed by atoms with Crippen LogP contribution in [-0.4, -0.2) is 29.9 Å². The fraction of sp³-hybridized carbons (Fsp3) is 0.381. The molecule has 1 saturated carbocycles. The molecule has 0 unspecified atom stereocenters. The molecular formula is C21H22N2O3. The lowest BCUT2D eigenvalue weighted by molar-refractivity contribution is -0.143. The van der Waals surface area contributed by atoms with Crippen molar-refractivity contribution >= 4 is 17.9 Å². The summed E-state index contributed by atoms with van der Waals surface area (Å²) >= 11 is 0. The zero-order chi connectivity index (χ0) is 18.7. The molecule has 1 heterocycles. The van der Waals surface area contributed by atoms with Crippen LogP contribution >= 0.6 is 0 Å². The van der Waals surface area contributed by atoms with E-state index in [1.54, 1.807) is 20.1 Å². The predicted molar refractivity (Wildman–Crippen MR) is 98.0 cm³/mol. The Morgan fingerprint density at radius 3 is 2.35 bits per heavy atom. The average molecular weight is 350 g/mol. The third-order valence-corrected chi connectivity index (χ3v) is 5.14. The lowest BCUT2D eigenvalue weighted by atomic mass is 9.88. The Kier molecular flexibility index (Phi) is 5.22. The Labute approximate surface area is 153 Å². The van der Waals surface area contributed by atoms with Crippen LogP contribution in [0.25, 0.3) is 6.08 Å². The molecule has 2 aliphatic rings. The van der Waals surface area contributed by atoms with Gasteiger partial charge in [-0.1, -0.05) is 31.4 Å². The first-order chi connectivity index (χ1) is 12.6. The zero-order valence-electron chi connectivity index (χ0n) is 15.1. The summed E-state index contributed by atoms with van der Waals surface area (Å²) in [5, 5.41) is 9.48. The standard InChI is InChI=1S/C21H22N2O3/c1-14-18(12-15-8-10-17(26-2)11-9-15)20(24)23(21(25)19(14)13-22)16-6-4-3-5-7-16/h8-12,16H,3-7H2,1-2H3/b18-12+. The first kappa shape index (κ1) is 17.9. The van der Waals surface area contributed by atoms with Crippen molar-refractivity contribution in [3.63, 3.8) is 0 Å². The molecular weight excluding hydrogens is 328 g/mol. The summed E-state index contributed by atoms with van der Waals surface area (Å²) in [6.45, 7) is 1.67. The van der Waals surface area contributed by atoms with Gasteiger partial charge in [0.15, 0.2) is 0 Å². The molecule has 0 N–H and O–H groups in total. The van der Waals surface area contributed by atoms with Crippen LogP contribution in [0, 0.1) is 11.3 Å². The number of hydrogen-bond acceptors (Lipinski definition) is 4. The van der Waals surface area contributed by atoms with E-state index in [1.807, 2.05) is 30.3 Å². The van der Waals surface area contributed by atoms with E-state index in [4.69, 9.17) is 4.74 Å². The number of carbonyl (C=O) groups excluding carboxylic acids is 2. The van der Waals surface area contributed by atoms with Gasteiger partial charge in [0.25, 0.3) is 11.8 Å². The molecule has 134 valence electrons. The van der Waals surface area contributed by atoms with Crippen molar-refractivity contribution < 1.29 is 14.3 Å². The highest BCUT2D eigenvalue weighted by molar-refractivity contribution is 6.19. The highest BCUT2D eigenvalue weighted by atomic mass is 16.5. The normalized spacial score (nSPS) is 20.5. The minimum atomic E-state index is -0.450. The Balaban J connectivity index is 2.03. The summed E-state index contributed by atoms with van der Waals surface area (Å²) in [6.07, 6.45) is 6.50. The largest absolute Gasteiger partial charge is 0.497 e. The topological polar surface area (TPSA) is 70.4 Å². The molecule has 3 rings (SSSR count). The van der Waals surface area contributed by atoms with Crippen LogP contribution in [-0.2, 0) is 9.59 Å². The summed E-state index contributed by atoms with van der Waals surface area (Å²) in [7, 11) is 1.60. The van der Waals surface area contributed by atoms with Crippen LogP contribution in [0.1, 0.15) is 44.6 Å². The van der Waals surface area contributed by atoms with Gasteiger partial charge in [-0.3, -0.25) is 14.5 Å². The van der Waals surface area contributed by atoms with Gasteiger partial charge in [0.2, 0.25) is 0 Å². The third kappa shape index (κ3) is 3.28. The summed E-state index contributed by atoms with van der Waals surface area (Å²) in [6, 6.07) is 9.21. The van der Waals surface area contributed by atoms with Gasteiger partial charge < -0.3 is 4.74 Å². The van der Waals surface area contributed by atoms with E-state index in [1.165, 1.54) is 4.90 Å². The average Bonchev–Trinajstić information content (AvgIpc) is 2.67. The van der Waals surface area contributed by atoms with Gasteiger partial charge in [-0.15, -0.1) is 0 Å². The van der Waals surface area contributed by atoms with Crippen LogP contribution in [0.3, 0.4) is 0 Å². The molecule has 0 saturated heterocycles. The number of carbonyl (C=O) groups is 2. The summed E-state index contributed by atoms with van der Waals surface area (Å²) < 4.78 is 5.15. The summed E-state index contributed by atoms with van der Waals surface area (Å²) in [4.78, 5) is 27.2. The van der Waals surface area contributed by atoms with E-state index in [9.17, 15) is 14.9 Å². The monoisotopic (exact) mass is 350 g/mol. The van der Waals surface area contributed by atoms with E-state index in [0.29, 0.717) is 11.1 Å². The van der Waals surface area contributed by atoms with E-state index in [-0.39, 0.29) is 17.5 Å². The van der Waals surface area contributed by atoms with Crippen molar-refractivity contribution in [1.82, 2.24) is 4.90 Å². The number of nitrogens with zero attached hydrogens (tertiary/aromatic N) is 2. The number of amides is 2. The van der Waals surface area contributed by atoms with E-state index < -0.39 is 5.91 Å². The van der Waals surface area contributed by atoms with E-state index in [0.717, 1.165) is 43.4 Å². The smallest absolute Gasteiger partial charge is 0.271 e. The second-order valence-corrected chi connectivity index (χ2v) is 6.72. The Morgan fingerprint density at radius 2 is 1.77 bits per heavy atom. The highest BCUT2D eigenvalue weighted by Gasteiger charge is 2.39. The van der Waals surface area contributed by atoms with Crippen molar-refractivity contribution in [2.75, 3.05) is 7.11 Å². The zero-order valence-corrected chi connectivity index (χ0v) is 15.1. The van der Waals surface area contributed by atoms with Crippen LogP contribution in [0.2, 0.25) is 0 Å². The van der Waals surface area contributed by atoms with Crippen LogP contribution in [0.15, 0.2) is 41.0 Å². The first-order valence-electron chi connectivity index (χ1n) is 8.91. The van der Waals surface area contributed by atoms with Gasteiger partial charge in [-0.2, -0.15) is 5.26 Å². The first-order valence-corrected chi connectivity index (χ1v) is 8.91. The van der Waals surface area contributed by atoms with Gasteiger partial charge in [0.05, 0.1) is 7.11 Å². The van der Waals surface area contributed by atoms with Gasteiger partial charge >= 0.3 is 0 Å². The van der Waals surface area contributed by atoms with Crippen LogP contribution in [0.5, 0.6) is 5.75 Å². The molecule has 0 radical (unpaired) electrons. The molecule has 5 nitrogen and oxygen atoms in total. The second-order valence-electron chi connectivity index (χ2n) is 6.72. The van der Waals surface area contributed by atoms with Crippen molar-refractivity contribution in [3.05, 3.63) is 46.5 Å². The summed E-state index contributed by atoms with van der Waals surface area (Å²) in [5.41, 5.74) is 1.75. The maximum absolute atomic E-state index is 13.1. The Bertz CT molecular complexity index is 822. The van der Waals surface area contributed by atoms with Gasteiger partial charge in [0, 0.05) is 11.6 Å². The number of benzene rings is 1. The Morgan fingerprint density at radius 1 is 1.12 bits per heavy atom. The highest BCUT2D eigenvalue weighted by Crippen LogP contribution is 2.32. The SMILES string of the molecule is COc1ccc(/C=C2/C(=O)N(C3CCCCC3)C(=O)C(C#N)=C2C)cc1. The molecule has 1 aliphatic carbocycles. The lowest BCUT2D eigenvalue weighted by Gasteiger charge is -2.36. The summed E-state index contributed by atoms with van der Waals surface area (Å²) in [5.74, 6) is -0.0193. The molecule has 26 heavy (non-hydrogen) atoms. The fourth-order valence-corrected chi connectivity index (χ4v) is 3.64. The van der Waals surface area contributed by atoms with E-state index >= 15 is 0 Å². The lowest BCUT2D eigenvalue weighted by Crippen LogP contribution is -2.49. The maximum atomic E-state index is 13.1. The predicted octanol–water partition coefficient (Wildman–Crippen LogP) is 3.62. The third-order valence-electron chi connectivity index (χ3n) is 5.14. The number of hydrogen-bond donors (Lipinski definition) is 0. The fourth-order valence-electron chi connectivity index (χ4n) is 3.64. The molecule has 0 atom stereocenters. The van der Waals surface area contributed by atoms with Gasteiger partial charge in [-0.25, -0.2) is 0 Å². The van der Waals surface area contributed by atoms with Gasteiger partial charge in [0.1, 0.15) is 17.4 Å². The quantitative estimate of drug-likeness (QED) is 0.617. The minimum absolute atomic E-state index is 0.0648. The minimum Gasteiger partial charge on any atom is -0.497 e. The number of methoxy groups -OCH3 is 1. The number of rotatable bonds is 3. The Hall–Kier alpha value is -2.87. The molecule has 1 fully saturated rings. The molecule has 2 amide bonds. The van der Waals surface area contributed by atoms with Crippen LogP contribution < -0.4 is 4.74 Å². The molecule has 1 aromatic rings. The molecule has 1 aromatic carbocycles. The van der Waals surface area contributed by atoms with Crippen molar-refractivity contribution in [3.8, 4) is 11.8 Å². The van der Waals surface area contributed by atoms with Crippen molar-refractivity contribution in [2.24, 2.45) is 0 Å². The molecule has 0 bridgehead atoms.